The molecule has 1 aromatic rings. The standard InChI is InChI=1S/C12H16N2O3/c1-7-4-10-11(17-6-16-10)5-9(7)8(2)12(15)14(3)13/h4-5,8H,6,13H2,1-3H3. The van der Waals surface area contributed by atoms with E-state index in [1.54, 1.807) is 7.05 Å². The second kappa shape index (κ2) is 4.25. The number of hydrogen-bond donors (Lipinski definition) is 1. The molecular formula is C12H16N2O3. The molecule has 2 rings (SSSR count). The zero-order valence-corrected chi connectivity index (χ0v) is 10.2. The minimum absolute atomic E-state index is 0.132. The Bertz CT molecular complexity index is 457. The Hall–Kier alpha value is -1.75. The van der Waals surface area contributed by atoms with Crippen LogP contribution in [0.15, 0.2) is 12.1 Å². The maximum absolute atomic E-state index is 11.8. The van der Waals surface area contributed by atoms with E-state index in [9.17, 15) is 4.79 Å². The summed E-state index contributed by atoms with van der Waals surface area (Å²) in [5.74, 6) is 6.45. The monoisotopic (exact) mass is 236 g/mol. The third-order valence-electron chi connectivity index (χ3n) is 2.95. The summed E-state index contributed by atoms with van der Waals surface area (Å²) in [6, 6.07) is 3.74. The quantitative estimate of drug-likeness (QED) is 0.475. The lowest BCUT2D eigenvalue weighted by atomic mass is 9.95. The molecule has 0 radical (unpaired) electrons. The number of aryl methyl sites for hydroxylation is 1. The highest BCUT2D eigenvalue weighted by molar-refractivity contribution is 5.83. The third-order valence-corrected chi connectivity index (χ3v) is 2.95. The van der Waals surface area contributed by atoms with E-state index in [2.05, 4.69) is 0 Å². The number of rotatable bonds is 2. The smallest absolute Gasteiger partial charge is 0.243 e. The van der Waals surface area contributed by atoms with Crippen molar-refractivity contribution in [3.63, 3.8) is 0 Å². The molecule has 2 N–H and O–H groups in total. The predicted molar refractivity (Wildman–Crippen MR) is 62.7 cm³/mol. The van der Waals surface area contributed by atoms with Crippen LogP contribution < -0.4 is 15.3 Å². The summed E-state index contributed by atoms with van der Waals surface area (Å²) in [7, 11) is 1.54. The summed E-state index contributed by atoms with van der Waals surface area (Å²) in [6.07, 6.45) is 0. The van der Waals surface area contributed by atoms with Crippen LogP contribution in [0.4, 0.5) is 0 Å². The van der Waals surface area contributed by atoms with Crippen molar-refractivity contribution in [3.8, 4) is 11.5 Å². The molecule has 0 spiro atoms. The molecule has 0 saturated heterocycles. The lowest BCUT2D eigenvalue weighted by molar-refractivity contribution is -0.131. The van der Waals surface area contributed by atoms with Crippen LogP contribution in [0.1, 0.15) is 24.0 Å². The molecule has 5 heteroatoms. The first-order valence-corrected chi connectivity index (χ1v) is 5.43. The van der Waals surface area contributed by atoms with Crippen LogP contribution in [-0.4, -0.2) is 24.8 Å². The fourth-order valence-electron chi connectivity index (χ4n) is 1.96. The zero-order chi connectivity index (χ0) is 12.6. The molecular weight excluding hydrogens is 220 g/mol. The molecule has 0 saturated carbocycles. The highest BCUT2D eigenvalue weighted by Crippen LogP contribution is 2.37. The van der Waals surface area contributed by atoms with E-state index in [0.29, 0.717) is 5.75 Å². The van der Waals surface area contributed by atoms with Crippen molar-refractivity contribution in [2.75, 3.05) is 13.8 Å². The number of amides is 1. The maximum Gasteiger partial charge on any atom is 0.243 e. The molecule has 1 aliphatic rings. The van der Waals surface area contributed by atoms with E-state index < -0.39 is 0 Å². The molecule has 1 heterocycles. The summed E-state index contributed by atoms with van der Waals surface area (Å²) in [5.41, 5.74) is 1.91. The van der Waals surface area contributed by atoms with E-state index >= 15 is 0 Å². The van der Waals surface area contributed by atoms with Crippen LogP contribution in [0.3, 0.4) is 0 Å². The molecule has 1 amide bonds. The molecule has 0 aromatic heterocycles. The van der Waals surface area contributed by atoms with Gasteiger partial charge in [0.05, 0.1) is 5.92 Å². The van der Waals surface area contributed by atoms with Gasteiger partial charge in [0.1, 0.15) is 0 Å². The number of likely N-dealkylation sites (N-methyl/N-ethyl adjacent to an activating group) is 1. The van der Waals surface area contributed by atoms with Gasteiger partial charge in [0.2, 0.25) is 12.7 Å². The van der Waals surface area contributed by atoms with E-state index in [1.807, 2.05) is 26.0 Å². The molecule has 0 bridgehead atoms. The maximum atomic E-state index is 11.8. The van der Waals surface area contributed by atoms with Crippen molar-refractivity contribution in [2.24, 2.45) is 5.84 Å². The van der Waals surface area contributed by atoms with Crippen LogP contribution in [0.25, 0.3) is 0 Å². The van der Waals surface area contributed by atoms with Gasteiger partial charge in [0.15, 0.2) is 11.5 Å². The number of hydrazine groups is 1. The number of ether oxygens (including phenoxy) is 2. The Morgan fingerprint density at radius 1 is 1.41 bits per heavy atom. The Morgan fingerprint density at radius 2 is 2.00 bits per heavy atom. The van der Waals surface area contributed by atoms with Gasteiger partial charge < -0.3 is 9.47 Å². The molecule has 1 atom stereocenters. The highest BCUT2D eigenvalue weighted by atomic mass is 16.7. The van der Waals surface area contributed by atoms with Gasteiger partial charge in [-0.05, 0) is 37.1 Å². The Labute approximate surface area is 100 Å². The van der Waals surface area contributed by atoms with E-state index in [1.165, 1.54) is 0 Å². The average Bonchev–Trinajstić information content (AvgIpc) is 2.72. The van der Waals surface area contributed by atoms with Crippen molar-refractivity contribution >= 4 is 5.91 Å². The Balaban J connectivity index is 2.36. The molecule has 17 heavy (non-hydrogen) atoms. The van der Waals surface area contributed by atoms with E-state index in [0.717, 1.165) is 21.9 Å². The molecule has 92 valence electrons. The number of carbonyl (C=O) groups excluding carboxylic acids is 1. The van der Waals surface area contributed by atoms with Gasteiger partial charge in [-0.25, -0.2) is 5.84 Å². The fourth-order valence-corrected chi connectivity index (χ4v) is 1.96. The minimum Gasteiger partial charge on any atom is -0.454 e. The third kappa shape index (κ3) is 2.06. The van der Waals surface area contributed by atoms with Crippen molar-refractivity contribution in [1.29, 1.82) is 0 Å². The van der Waals surface area contributed by atoms with Crippen LogP contribution >= 0.6 is 0 Å². The van der Waals surface area contributed by atoms with Crippen molar-refractivity contribution in [1.82, 2.24) is 5.01 Å². The summed E-state index contributed by atoms with van der Waals surface area (Å²) in [5, 5.41) is 1.11. The summed E-state index contributed by atoms with van der Waals surface area (Å²) < 4.78 is 10.6. The van der Waals surface area contributed by atoms with Gasteiger partial charge in [-0.15, -0.1) is 0 Å². The van der Waals surface area contributed by atoms with Gasteiger partial charge >= 0.3 is 0 Å². The number of benzene rings is 1. The van der Waals surface area contributed by atoms with Crippen molar-refractivity contribution in [2.45, 2.75) is 19.8 Å². The van der Waals surface area contributed by atoms with Crippen LogP contribution in [0.5, 0.6) is 11.5 Å². The average molecular weight is 236 g/mol. The summed E-state index contributed by atoms with van der Waals surface area (Å²) >= 11 is 0. The molecule has 1 aromatic carbocycles. The molecule has 0 fully saturated rings. The van der Waals surface area contributed by atoms with Crippen LogP contribution in [-0.2, 0) is 4.79 Å². The fraction of sp³-hybridized carbons (Fsp3) is 0.417. The molecule has 5 nitrogen and oxygen atoms in total. The van der Waals surface area contributed by atoms with Gasteiger partial charge in [0, 0.05) is 7.05 Å². The predicted octanol–water partition coefficient (Wildman–Crippen LogP) is 1.16. The number of carbonyl (C=O) groups is 1. The highest BCUT2D eigenvalue weighted by Gasteiger charge is 2.23. The van der Waals surface area contributed by atoms with E-state index in [4.69, 9.17) is 15.3 Å². The first kappa shape index (κ1) is 11.7. The van der Waals surface area contributed by atoms with Crippen molar-refractivity contribution < 1.29 is 14.3 Å². The van der Waals surface area contributed by atoms with Gasteiger partial charge in [0.25, 0.3) is 0 Å². The van der Waals surface area contributed by atoms with Gasteiger partial charge in [-0.3, -0.25) is 9.80 Å². The summed E-state index contributed by atoms with van der Waals surface area (Å²) in [6.45, 7) is 4.01. The number of fused-ring (bicyclic) bond motifs is 1. The second-order valence-electron chi connectivity index (χ2n) is 4.23. The SMILES string of the molecule is Cc1cc2c(cc1C(C)C(=O)N(C)N)OCO2. The van der Waals surface area contributed by atoms with Crippen LogP contribution in [0.2, 0.25) is 0 Å². The lowest BCUT2D eigenvalue weighted by Gasteiger charge is -2.18. The normalized spacial score (nSPS) is 14.6. The first-order chi connectivity index (χ1) is 8.00. The molecule has 1 aliphatic heterocycles. The number of hydrogen-bond acceptors (Lipinski definition) is 4. The molecule has 1 unspecified atom stereocenters. The van der Waals surface area contributed by atoms with Gasteiger partial charge in [-0.2, -0.15) is 0 Å². The van der Waals surface area contributed by atoms with Crippen LogP contribution in [0, 0.1) is 6.92 Å². The lowest BCUT2D eigenvalue weighted by Crippen LogP contribution is -2.36. The largest absolute Gasteiger partial charge is 0.454 e. The molecule has 0 aliphatic carbocycles. The first-order valence-electron chi connectivity index (χ1n) is 5.43. The Kier molecular flexibility index (Phi) is 2.93. The van der Waals surface area contributed by atoms with Crippen molar-refractivity contribution in [3.05, 3.63) is 23.3 Å². The number of nitrogens with zero attached hydrogens (tertiary/aromatic N) is 1. The zero-order valence-electron chi connectivity index (χ0n) is 10.2. The topological polar surface area (TPSA) is 64.8 Å². The Morgan fingerprint density at radius 3 is 2.59 bits per heavy atom. The number of nitrogens with two attached hydrogens (primary N) is 1. The minimum atomic E-state index is -0.292. The second-order valence-corrected chi connectivity index (χ2v) is 4.23. The van der Waals surface area contributed by atoms with Gasteiger partial charge in [-0.1, -0.05) is 0 Å². The van der Waals surface area contributed by atoms with E-state index in [-0.39, 0.29) is 18.6 Å². The summed E-state index contributed by atoms with van der Waals surface area (Å²) in [4.78, 5) is 11.8.